The van der Waals surface area contributed by atoms with Crippen LogP contribution in [0.1, 0.15) is 17.2 Å². The Bertz CT molecular complexity index is 1140. The summed E-state index contributed by atoms with van der Waals surface area (Å²) in [6.45, 7) is 1.31. The molecule has 1 N–H and O–H groups in total. The molecule has 1 aliphatic heterocycles. The van der Waals surface area contributed by atoms with Crippen LogP contribution < -0.4 is 5.32 Å². The van der Waals surface area contributed by atoms with Crippen LogP contribution in [0.15, 0.2) is 89.8 Å². The summed E-state index contributed by atoms with van der Waals surface area (Å²) in [6.07, 6.45) is 0. The van der Waals surface area contributed by atoms with Gasteiger partial charge in [0.2, 0.25) is 15.9 Å². The molecule has 0 bridgehead atoms. The minimum absolute atomic E-state index is 0.0540. The van der Waals surface area contributed by atoms with Crippen molar-refractivity contribution in [3.05, 3.63) is 101 Å². The van der Waals surface area contributed by atoms with Gasteiger partial charge in [-0.1, -0.05) is 84.4 Å². The lowest BCUT2D eigenvalue weighted by molar-refractivity contribution is -0.131. The molecule has 0 radical (unpaired) electrons. The number of nitrogens with zero attached hydrogens (tertiary/aromatic N) is 2. The minimum atomic E-state index is -3.69. The molecular formula is C25H26ClN3O3S. The van der Waals surface area contributed by atoms with Gasteiger partial charge in [-0.05, 0) is 23.3 Å². The Morgan fingerprint density at radius 2 is 1.33 bits per heavy atom. The van der Waals surface area contributed by atoms with Crippen LogP contribution in [0.4, 0.5) is 0 Å². The molecule has 0 aromatic heterocycles. The molecule has 1 amide bonds. The first kappa shape index (κ1) is 23.4. The third-order valence-corrected chi connectivity index (χ3v) is 8.17. The van der Waals surface area contributed by atoms with Gasteiger partial charge in [0.1, 0.15) is 4.90 Å². The summed E-state index contributed by atoms with van der Waals surface area (Å²) in [5.74, 6) is -0.0540. The molecule has 4 rings (SSSR count). The lowest BCUT2D eigenvalue weighted by Crippen LogP contribution is -2.52. The molecule has 8 heteroatoms. The van der Waals surface area contributed by atoms with Gasteiger partial charge in [-0.25, -0.2) is 8.42 Å². The second-order valence-electron chi connectivity index (χ2n) is 7.85. The van der Waals surface area contributed by atoms with Crippen molar-refractivity contribution in [3.63, 3.8) is 0 Å². The van der Waals surface area contributed by atoms with E-state index < -0.39 is 10.0 Å². The van der Waals surface area contributed by atoms with Gasteiger partial charge in [0.15, 0.2) is 0 Å². The standard InChI is InChI=1S/C25H26ClN3O3S/c26-22-13-7-8-14-23(22)33(31,32)29-17-15-28(16-18-29)24(30)19-27-25(20-9-3-1-4-10-20)21-11-5-2-6-12-21/h1-14,25,27H,15-19H2. The van der Waals surface area contributed by atoms with Crippen molar-refractivity contribution in [3.8, 4) is 0 Å². The van der Waals surface area contributed by atoms with Crippen molar-refractivity contribution in [2.45, 2.75) is 10.9 Å². The van der Waals surface area contributed by atoms with E-state index in [1.165, 1.54) is 10.4 Å². The predicted molar refractivity (Wildman–Crippen MR) is 130 cm³/mol. The maximum atomic E-state index is 12.9. The van der Waals surface area contributed by atoms with Gasteiger partial charge in [-0.2, -0.15) is 4.31 Å². The summed E-state index contributed by atoms with van der Waals surface area (Å²) < 4.78 is 27.3. The molecule has 1 saturated heterocycles. The van der Waals surface area contributed by atoms with Gasteiger partial charge >= 0.3 is 0 Å². The number of hydrogen-bond acceptors (Lipinski definition) is 4. The van der Waals surface area contributed by atoms with Gasteiger partial charge in [0, 0.05) is 26.2 Å². The first-order valence-corrected chi connectivity index (χ1v) is 12.6. The highest BCUT2D eigenvalue weighted by Gasteiger charge is 2.31. The molecule has 172 valence electrons. The number of hydrogen-bond donors (Lipinski definition) is 1. The van der Waals surface area contributed by atoms with E-state index in [1.54, 1.807) is 23.1 Å². The highest BCUT2D eigenvalue weighted by Crippen LogP contribution is 2.25. The molecule has 0 unspecified atom stereocenters. The quantitative estimate of drug-likeness (QED) is 0.558. The summed E-state index contributed by atoms with van der Waals surface area (Å²) in [4.78, 5) is 14.7. The number of rotatable bonds is 7. The molecule has 0 aliphatic carbocycles. The van der Waals surface area contributed by atoms with Crippen molar-refractivity contribution >= 4 is 27.5 Å². The highest BCUT2D eigenvalue weighted by atomic mass is 35.5. The van der Waals surface area contributed by atoms with E-state index in [4.69, 9.17) is 11.6 Å². The van der Waals surface area contributed by atoms with Gasteiger partial charge in [-0.3, -0.25) is 10.1 Å². The SMILES string of the molecule is O=C(CNC(c1ccccc1)c1ccccc1)N1CCN(S(=O)(=O)c2ccccc2Cl)CC1. The lowest BCUT2D eigenvalue weighted by Gasteiger charge is -2.34. The van der Waals surface area contributed by atoms with Crippen LogP contribution in [0.5, 0.6) is 0 Å². The summed E-state index contributed by atoms with van der Waals surface area (Å²) in [5, 5.41) is 3.59. The van der Waals surface area contributed by atoms with E-state index in [1.807, 2.05) is 60.7 Å². The summed E-state index contributed by atoms with van der Waals surface area (Å²) in [6, 6.07) is 26.3. The van der Waals surface area contributed by atoms with Crippen molar-refractivity contribution in [1.29, 1.82) is 0 Å². The largest absolute Gasteiger partial charge is 0.339 e. The topological polar surface area (TPSA) is 69.7 Å². The van der Waals surface area contributed by atoms with E-state index in [0.29, 0.717) is 13.1 Å². The fourth-order valence-corrected chi connectivity index (χ4v) is 5.91. The van der Waals surface area contributed by atoms with Crippen molar-refractivity contribution in [1.82, 2.24) is 14.5 Å². The van der Waals surface area contributed by atoms with Gasteiger partial charge < -0.3 is 4.90 Å². The number of carbonyl (C=O) groups excluding carboxylic acids is 1. The van der Waals surface area contributed by atoms with E-state index in [0.717, 1.165) is 11.1 Å². The summed E-state index contributed by atoms with van der Waals surface area (Å²) in [7, 11) is -3.69. The van der Waals surface area contributed by atoms with Crippen molar-refractivity contribution in [2.75, 3.05) is 32.7 Å². The van der Waals surface area contributed by atoms with Gasteiger partial charge in [0.05, 0.1) is 17.6 Å². The zero-order chi connectivity index (χ0) is 23.3. The Kier molecular flexibility index (Phi) is 7.45. The van der Waals surface area contributed by atoms with Gasteiger partial charge in [-0.15, -0.1) is 0 Å². The molecule has 0 atom stereocenters. The van der Waals surface area contributed by atoms with Crippen LogP contribution in [-0.4, -0.2) is 56.3 Å². The summed E-state index contributed by atoms with van der Waals surface area (Å²) >= 11 is 6.10. The normalized spacial score (nSPS) is 15.0. The number of sulfonamides is 1. The number of carbonyl (C=O) groups is 1. The maximum absolute atomic E-state index is 12.9. The van der Waals surface area contributed by atoms with E-state index >= 15 is 0 Å². The van der Waals surface area contributed by atoms with Crippen LogP contribution in [0.25, 0.3) is 0 Å². The predicted octanol–water partition coefficient (Wildman–Crippen LogP) is 3.55. The van der Waals surface area contributed by atoms with Crippen LogP contribution in [-0.2, 0) is 14.8 Å². The number of halogens is 1. The zero-order valence-electron chi connectivity index (χ0n) is 18.1. The molecule has 1 aliphatic rings. The zero-order valence-corrected chi connectivity index (χ0v) is 19.7. The molecule has 0 saturated carbocycles. The second kappa shape index (κ2) is 10.5. The average Bonchev–Trinajstić information content (AvgIpc) is 2.85. The lowest BCUT2D eigenvalue weighted by atomic mass is 9.99. The Hall–Kier alpha value is -2.71. The number of amides is 1. The van der Waals surface area contributed by atoms with Crippen LogP contribution in [0.3, 0.4) is 0 Å². The average molecular weight is 484 g/mol. The molecule has 0 spiro atoms. The maximum Gasteiger partial charge on any atom is 0.244 e. The molecule has 3 aromatic rings. The van der Waals surface area contributed by atoms with Gasteiger partial charge in [0.25, 0.3) is 0 Å². The number of nitrogens with one attached hydrogen (secondary N) is 1. The van der Waals surface area contributed by atoms with Crippen LogP contribution in [0.2, 0.25) is 5.02 Å². The van der Waals surface area contributed by atoms with Crippen molar-refractivity contribution in [2.24, 2.45) is 0 Å². The molecule has 3 aromatic carbocycles. The van der Waals surface area contributed by atoms with E-state index in [2.05, 4.69) is 5.32 Å². The molecule has 1 heterocycles. The Morgan fingerprint density at radius 1 is 0.818 bits per heavy atom. The number of piperazine rings is 1. The Morgan fingerprint density at radius 3 is 1.88 bits per heavy atom. The monoisotopic (exact) mass is 483 g/mol. The second-order valence-corrected chi connectivity index (χ2v) is 10.2. The van der Waals surface area contributed by atoms with E-state index in [9.17, 15) is 13.2 Å². The third kappa shape index (κ3) is 5.45. The van der Waals surface area contributed by atoms with Crippen molar-refractivity contribution < 1.29 is 13.2 Å². The summed E-state index contributed by atoms with van der Waals surface area (Å²) in [5.41, 5.74) is 2.15. The van der Waals surface area contributed by atoms with E-state index in [-0.39, 0.29) is 41.5 Å². The first-order chi connectivity index (χ1) is 16.0. The highest BCUT2D eigenvalue weighted by molar-refractivity contribution is 7.89. The minimum Gasteiger partial charge on any atom is -0.339 e. The first-order valence-electron chi connectivity index (χ1n) is 10.8. The molecule has 6 nitrogen and oxygen atoms in total. The van der Waals surface area contributed by atoms with Crippen LogP contribution in [0, 0.1) is 0 Å². The fourth-order valence-electron chi connectivity index (χ4n) is 3.99. The molecule has 33 heavy (non-hydrogen) atoms. The molecular weight excluding hydrogens is 458 g/mol. The van der Waals surface area contributed by atoms with Crippen LogP contribution >= 0.6 is 11.6 Å². The Labute approximate surface area is 199 Å². The number of benzene rings is 3. The smallest absolute Gasteiger partial charge is 0.244 e. The molecule has 1 fully saturated rings. The Balaban J connectivity index is 1.38. The fraction of sp³-hybridized carbons (Fsp3) is 0.240. The third-order valence-electron chi connectivity index (χ3n) is 5.77.